The molecule has 0 saturated carbocycles. The molecule has 3 atom stereocenters. The number of urea groups is 1. The zero-order valence-electron chi connectivity index (χ0n) is 19.7. The van der Waals surface area contributed by atoms with Crippen LogP contribution in [0.4, 0.5) is 16.2 Å². The van der Waals surface area contributed by atoms with E-state index in [4.69, 9.17) is 21.1 Å². The summed E-state index contributed by atoms with van der Waals surface area (Å²) in [6, 6.07) is 11.1. The van der Waals surface area contributed by atoms with Crippen LogP contribution in [0.3, 0.4) is 0 Å². The number of halogens is 1. The summed E-state index contributed by atoms with van der Waals surface area (Å²) in [5.41, 5.74) is 1.36. The Hall–Kier alpha value is -3.30. The minimum absolute atomic E-state index is 0.0445. The van der Waals surface area contributed by atoms with Crippen LogP contribution in [0.15, 0.2) is 42.5 Å². The summed E-state index contributed by atoms with van der Waals surface area (Å²) in [7, 11) is 1.74. The van der Waals surface area contributed by atoms with Gasteiger partial charge in [-0.2, -0.15) is 0 Å². The van der Waals surface area contributed by atoms with Crippen molar-refractivity contribution in [3.63, 3.8) is 0 Å². The molecule has 10 heteroatoms. The second kappa shape index (κ2) is 11.0. The lowest BCUT2D eigenvalue weighted by Gasteiger charge is -2.42. The zero-order chi connectivity index (χ0) is 24.9. The number of rotatable bonds is 5. The molecule has 4 rings (SSSR count). The minimum atomic E-state index is -0.460. The SMILES string of the molecule is CCNC(=O)C[C@H]1CC[C@@H]2[C@H](COc3ccc(NC(=O)Nc4cccc(Cl)c4)cc3C(=O)N2C)O1. The van der Waals surface area contributed by atoms with Crippen LogP contribution in [0.1, 0.15) is 36.5 Å². The van der Waals surface area contributed by atoms with Crippen LogP contribution in [-0.2, 0) is 9.53 Å². The van der Waals surface area contributed by atoms with Crippen molar-refractivity contribution in [3.8, 4) is 5.75 Å². The van der Waals surface area contributed by atoms with Crippen molar-refractivity contribution in [3.05, 3.63) is 53.1 Å². The molecular formula is C25H29ClN4O5. The summed E-state index contributed by atoms with van der Waals surface area (Å²) in [5.74, 6) is 0.145. The van der Waals surface area contributed by atoms with Crippen molar-refractivity contribution in [2.24, 2.45) is 0 Å². The third-order valence-electron chi connectivity index (χ3n) is 6.14. The van der Waals surface area contributed by atoms with Crippen molar-refractivity contribution >= 4 is 40.8 Å². The second-order valence-corrected chi connectivity index (χ2v) is 9.06. The second-order valence-electron chi connectivity index (χ2n) is 8.63. The monoisotopic (exact) mass is 500 g/mol. The van der Waals surface area contributed by atoms with E-state index in [0.29, 0.717) is 47.1 Å². The molecule has 0 spiro atoms. The Balaban J connectivity index is 1.45. The zero-order valence-corrected chi connectivity index (χ0v) is 20.4. The number of hydrogen-bond acceptors (Lipinski definition) is 5. The molecule has 1 fully saturated rings. The van der Waals surface area contributed by atoms with Gasteiger partial charge in [0.25, 0.3) is 5.91 Å². The lowest BCUT2D eigenvalue weighted by Crippen LogP contribution is -2.54. The van der Waals surface area contributed by atoms with Crippen molar-refractivity contribution in [2.45, 2.75) is 44.4 Å². The molecule has 35 heavy (non-hydrogen) atoms. The molecule has 0 radical (unpaired) electrons. The first-order chi connectivity index (χ1) is 16.8. The fourth-order valence-electron chi connectivity index (χ4n) is 4.44. The minimum Gasteiger partial charge on any atom is -0.490 e. The molecule has 1 saturated heterocycles. The summed E-state index contributed by atoms with van der Waals surface area (Å²) in [4.78, 5) is 39.4. The molecule has 4 amide bonds. The topological polar surface area (TPSA) is 109 Å². The van der Waals surface area contributed by atoms with Crippen molar-refractivity contribution in [1.29, 1.82) is 0 Å². The fourth-order valence-corrected chi connectivity index (χ4v) is 4.63. The largest absolute Gasteiger partial charge is 0.490 e. The number of fused-ring (bicyclic) bond motifs is 2. The van der Waals surface area contributed by atoms with Crippen molar-refractivity contribution in [2.75, 3.05) is 30.8 Å². The van der Waals surface area contributed by atoms with Gasteiger partial charge in [-0.15, -0.1) is 0 Å². The number of likely N-dealkylation sites (N-methyl/N-ethyl adjacent to an activating group) is 1. The van der Waals surface area contributed by atoms with Gasteiger partial charge in [-0.25, -0.2) is 4.79 Å². The molecule has 2 heterocycles. The molecule has 3 N–H and O–H groups in total. The van der Waals surface area contributed by atoms with E-state index in [1.54, 1.807) is 54.4 Å². The predicted octanol–water partition coefficient (Wildman–Crippen LogP) is 3.89. The van der Waals surface area contributed by atoms with E-state index in [2.05, 4.69) is 16.0 Å². The Morgan fingerprint density at radius 1 is 1.11 bits per heavy atom. The number of amides is 4. The van der Waals surface area contributed by atoms with Crippen LogP contribution < -0.4 is 20.7 Å². The Morgan fingerprint density at radius 2 is 1.89 bits per heavy atom. The molecule has 0 bridgehead atoms. The number of anilines is 2. The average molecular weight is 501 g/mol. The number of nitrogens with zero attached hydrogens (tertiary/aromatic N) is 1. The Morgan fingerprint density at radius 3 is 2.63 bits per heavy atom. The summed E-state index contributed by atoms with van der Waals surface area (Å²) in [6.45, 7) is 2.71. The van der Waals surface area contributed by atoms with Gasteiger partial charge in [-0.05, 0) is 56.2 Å². The maximum atomic E-state index is 13.3. The van der Waals surface area contributed by atoms with Gasteiger partial charge in [0, 0.05) is 30.0 Å². The molecule has 2 aromatic rings. The Labute approximate surface area is 209 Å². The number of carbonyl (C=O) groups is 3. The number of carbonyl (C=O) groups excluding carboxylic acids is 3. The van der Waals surface area contributed by atoms with Crippen LogP contribution >= 0.6 is 11.6 Å². The van der Waals surface area contributed by atoms with Gasteiger partial charge < -0.3 is 30.3 Å². The number of benzene rings is 2. The van der Waals surface area contributed by atoms with Crippen molar-refractivity contribution < 1.29 is 23.9 Å². The lowest BCUT2D eigenvalue weighted by molar-refractivity contribution is -0.133. The standard InChI is InChI=1S/C25H29ClN4O5/c1-3-27-23(31)13-18-8-9-20-22(35-18)14-34-21-10-7-17(12-19(21)24(32)30(20)2)29-25(33)28-16-6-4-5-15(26)11-16/h4-7,10-12,18,20,22H,3,8-9,13-14H2,1-2H3,(H,27,31)(H2,28,29,33)/t18-,20-,22+/m1/s1. The maximum absolute atomic E-state index is 13.3. The van der Waals surface area contributed by atoms with Gasteiger partial charge in [0.2, 0.25) is 5.91 Å². The van der Waals surface area contributed by atoms with E-state index in [9.17, 15) is 14.4 Å². The highest BCUT2D eigenvalue weighted by Gasteiger charge is 2.39. The molecule has 2 aliphatic heterocycles. The van der Waals surface area contributed by atoms with E-state index in [-0.39, 0.29) is 43.1 Å². The number of nitrogens with one attached hydrogen (secondary N) is 3. The third-order valence-corrected chi connectivity index (χ3v) is 6.37. The van der Waals surface area contributed by atoms with Crippen molar-refractivity contribution in [1.82, 2.24) is 10.2 Å². The first-order valence-electron chi connectivity index (χ1n) is 11.6. The number of ether oxygens (including phenoxy) is 2. The van der Waals surface area contributed by atoms with Crippen LogP contribution in [0.25, 0.3) is 0 Å². The first-order valence-corrected chi connectivity index (χ1v) is 12.0. The van der Waals surface area contributed by atoms with Gasteiger partial charge in [0.15, 0.2) is 0 Å². The summed E-state index contributed by atoms with van der Waals surface area (Å²) >= 11 is 5.96. The highest BCUT2D eigenvalue weighted by atomic mass is 35.5. The maximum Gasteiger partial charge on any atom is 0.323 e. The molecule has 9 nitrogen and oxygen atoms in total. The Bertz CT molecular complexity index is 1110. The van der Waals surface area contributed by atoms with Crippen LogP contribution in [-0.4, -0.2) is 61.2 Å². The third kappa shape index (κ3) is 6.04. The van der Waals surface area contributed by atoms with Crippen LogP contribution in [0.5, 0.6) is 5.75 Å². The molecule has 0 unspecified atom stereocenters. The van der Waals surface area contributed by atoms with Gasteiger partial charge in [-0.1, -0.05) is 17.7 Å². The molecule has 0 aromatic heterocycles. The predicted molar refractivity (Wildman–Crippen MR) is 133 cm³/mol. The van der Waals surface area contributed by atoms with Gasteiger partial charge in [0.05, 0.1) is 24.1 Å². The Kier molecular flexibility index (Phi) is 7.77. The van der Waals surface area contributed by atoms with Crippen LogP contribution in [0.2, 0.25) is 5.02 Å². The summed E-state index contributed by atoms with van der Waals surface area (Å²) in [5, 5.41) is 8.76. The van der Waals surface area contributed by atoms with Gasteiger partial charge in [0.1, 0.15) is 18.5 Å². The smallest absolute Gasteiger partial charge is 0.323 e. The average Bonchev–Trinajstić information content (AvgIpc) is 2.82. The highest BCUT2D eigenvalue weighted by molar-refractivity contribution is 6.30. The summed E-state index contributed by atoms with van der Waals surface area (Å²) in [6.07, 6.45) is 1.12. The molecule has 2 aliphatic rings. The van der Waals surface area contributed by atoms with Crippen LogP contribution in [0, 0.1) is 0 Å². The van der Waals surface area contributed by atoms with E-state index < -0.39 is 6.03 Å². The normalized spacial score (nSPS) is 21.5. The van der Waals surface area contributed by atoms with Gasteiger partial charge >= 0.3 is 6.03 Å². The van der Waals surface area contributed by atoms with Gasteiger partial charge in [-0.3, -0.25) is 9.59 Å². The lowest BCUT2D eigenvalue weighted by atomic mass is 9.94. The van der Waals surface area contributed by atoms with E-state index in [0.717, 1.165) is 0 Å². The van der Waals surface area contributed by atoms with E-state index >= 15 is 0 Å². The first kappa shape index (κ1) is 24.8. The quantitative estimate of drug-likeness (QED) is 0.577. The molecule has 186 valence electrons. The fraction of sp³-hybridized carbons (Fsp3) is 0.400. The highest BCUT2D eigenvalue weighted by Crippen LogP contribution is 2.32. The summed E-state index contributed by atoms with van der Waals surface area (Å²) < 4.78 is 12.1. The molecule has 0 aliphatic carbocycles. The molecule has 2 aromatic carbocycles. The van der Waals surface area contributed by atoms with E-state index in [1.165, 1.54) is 0 Å². The van der Waals surface area contributed by atoms with E-state index in [1.807, 2.05) is 6.92 Å². The number of hydrogen-bond donors (Lipinski definition) is 3. The molecular weight excluding hydrogens is 472 g/mol.